The van der Waals surface area contributed by atoms with Crippen LogP contribution in [0.1, 0.15) is 38.6 Å². The number of hydrogen-bond donors (Lipinski definition) is 3. The Bertz CT molecular complexity index is 455. The van der Waals surface area contributed by atoms with Crippen molar-refractivity contribution in [3.8, 4) is 0 Å². The van der Waals surface area contributed by atoms with Gasteiger partial charge in [0.2, 0.25) is 5.91 Å². The quantitative estimate of drug-likeness (QED) is 0.719. The van der Waals surface area contributed by atoms with Gasteiger partial charge in [0.15, 0.2) is 0 Å². The number of carboxylic acid groups (broad SMARTS) is 1. The number of amides is 1. The molecule has 5 nitrogen and oxygen atoms in total. The van der Waals surface area contributed by atoms with Gasteiger partial charge in [-0.3, -0.25) is 14.9 Å². The average Bonchev–Trinajstić information content (AvgIpc) is 2.86. The molecule has 0 saturated carbocycles. The number of carboxylic acids is 1. The molecule has 0 saturated heterocycles. The minimum absolute atomic E-state index is 0.0199. The number of carbonyl (C=O) groups excluding carboxylic acids is 1. The molecule has 1 unspecified atom stereocenters. The second-order valence-corrected chi connectivity index (χ2v) is 6.57. The lowest BCUT2D eigenvalue weighted by molar-refractivity contribution is -0.143. The van der Waals surface area contributed by atoms with Crippen molar-refractivity contribution in [2.45, 2.75) is 39.3 Å². The fourth-order valence-electron chi connectivity index (χ4n) is 1.64. The van der Waals surface area contributed by atoms with Crippen LogP contribution in [0.3, 0.4) is 0 Å². The summed E-state index contributed by atoms with van der Waals surface area (Å²) in [6, 6.07) is 3.90. The van der Waals surface area contributed by atoms with E-state index in [0.29, 0.717) is 0 Å². The first-order chi connectivity index (χ1) is 9.24. The summed E-state index contributed by atoms with van der Waals surface area (Å²) in [4.78, 5) is 24.0. The molecule has 6 heteroatoms. The second-order valence-electron chi connectivity index (χ2n) is 5.59. The number of thiophene rings is 1. The zero-order chi connectivity index (χ0) is 15.3. The molecule has 0 fully saturated rings. The van der Waals surface area contributed by atoms with Crippen LogP contribution in [-0.4, -0.2) is 29.1 Å². The van der Waals surface area contributed by atoms with Crippen molar-refractivity contribution in [1.82, 2.24) is 10.6 Å². The molecule has 0 radical (unpaired) electrons. The lowest BCUT2D eigenvalue weighted by Crippen LogP contribution is -2.51. The van der Waals surface area contributed by atoms with Crippen molar-refractivity contribution in [2.24, 2.45) is 5.92 Å². The zero-order valence-corrected chi connectivity index (χ0v) is 13.1. The van der Waals surface area contributed by atoms with Gasteiger partial charge in [0.05, 0.1) is 12.6 Å². The van der Waals surface area contributed by atoms with Crippen LogP contribution in [-0.2, 0) is 9.59 Å². The van der Waals surface area contributed by atoms with Gasteiger partial charge in [-0.25, -0.2) is 0 Å². The number of rotatable bonds is 7. The summed E-state index contributed by atoms with van der Waals surface area (Å²) in [5, 5.41) is 16.6. The zero-order valence-electron chi connectivity index (χ0n) is 12.3. The SMILES string of the molecule is CC(C)C(NC(=O)CNC(C)(C)C(=O)O)c1cccs1. The predicted molar refractivity (Wildman–Crippen MR) is 79.8 cm³/mol. The number of carbonyl (C=O) groups is 2. The Morgan fingerprint density at radius 3 is 2.50 bits per heavy atom. The van der Waals surface area contributed by atoms with Crippen molar-refractivity contribution in [3.05, 3.63) is 22.4 Å². The summed E-state index contributed by atoms with van der Waals surface area (Å²) in [6.45, 7) is 7.12. The molecule has 0 spiro atoms. The third-order valence-electron chi connectivity index (χ3n) is 3.06. The van der Waals surface area contributed by atoms with Gasteiger partial charge in [-0.05, 0) is 31.2 Å². The van der Waals surface area contributed by atoms with E-state index in [1.807, 2.05) is 31.4 Å². The summed E-state index contributed by atoms with van der Waals surface area (Å²) >= 11 is 1.60. The Morgan fingerprint density at radius 1 is 1.40 bits per heavy atom. The number of nitrogens with one attached hydrogen (secondary N) is 2. The third kappa shape index (κ3) is 4.61. The van der Waals surface area contributed by atoms with Crippen LogP contribution < -0.4 is 10.6 Å². The molecule has 20 heavy (non-hydrogen) atoms. The molecule has 1 aromatic rings. The maximum atomic E-state index is 12.0. The van der Waals surface area contributed by atoms with Crippen molar-refractivity contribution >= 4 is 23.2 Å². The summed E-state index contributed by atoms with van der Waals surface area (Å²) < 4.78 is 0. The van der Waals surface area contributed by atoms with Gasteiger partial charge >= 0.3 is 5.97 Å². The Morgan fingerprint density at radius 2 is 2.05 bits per heavy atom. The largest absolute Gasteiger partial charge is 0.480 e. The first-order valence-corrected chi connectivity index (χ1v) is 7.43. The highest BCUT2D eigenvalue weighted by Gasteiger charge is 2.27. The first kappa shape index (κ1) is 16.7. The van der Waals surface area contributed by atoms with Crippen LogP contribution in [0.4, 0.5) is 0 Å². The van der Waals surface area contributed by atoms with Crippen LogP contribution >= 0.6 is 11.3 Å². The molecule has 1 rings (SSSR count). The van der Waals surface area contributed by atoms with Gasteiger partial charge in [0.1, 0.15) is 5.54 Å². The normalized spacial score (nSPS) is 13.2. The Kier molecular flexibility index (Phi) is 5.71. The van der Waals surface area contributed by atoms with Gasteiger partial charge in [-0.2, -0.15) is 0 Å². The van der Waals surface area contributed by atoms with E-state index in [1.54, 1.807) is 11.3 Å². The molecule has 1 amide bonds. The van der Waals surface area contributed by atoms with Gasteiger partial charge in [-0.15, -0.1) is 11.3 Å². The fraction of sp³-hybridized carbons (Fsp3) is 0.571. The topological polar surface area (TPSA) is 78.4 Å². The molecule has 1 aromatic heterocycles. The monoisotopic (exact) mass is 298 g/mol. The molecule has 1 atom stereocenters. The lowest BCUT2D eigenvalue weighted by Gasteiger charge is -2.24. The van der Waals surface area contributed by atoms with Crippen molar-refractivity contribution < 1.29 is 14.7 Å². The number of hydrogen-bond acceptors (Lipinski definition) is 4. The van der Waals surface area contributed by atoms with Crippen molar-refractivity contribution in [2.75, 3.05) is 6.54 Å². The summed E-state index contributed by atoms with van der Waals surface area (Å²) in [5.74, 6) is -0.916. The Balaban J connectivity index is 2.58. The molecule has 1 heterocycles. The maximum Gasteiger partial charge on any atom is 0.323 e. The minimum atomic E-state index is -1.12. The van der Waals surface area contributed by atoms with Gasteiger partial charge < -0.3 is 10.4 Å². The Labute approximate surface area is 123 Å². The van der Waals surface area contributed by atoms with Crippen molar-refractivity contribution in [1.29, 1.82) is 0 Å². The van der Waals surface area contributed by atoms with Crippen LogP contribution in [0.15, 0.2) is 17.5 Å². The summed E-state index contributed by atoms with van der Waals surface area (Å²) in [6.07, 6.45) is 0. The third-order valence-corrected chi connectivity index (χ3v) is 4.01. The molecule has 0 aliphatic heterocycles. The maximum absolute atomic E-state index is 12.0. The van der Waals surface area contributed by atoms with E-state index in [1.165, 1.54) is 13.8 Å². The first-order valence-electron chi connectivity index (χ1n) is 6.55. The van der Waals surface area contributed by atoms with E-state index < -0.39 is 11.5 Å². The van der Waals surface area contributed by atoms with E-state index >= 15 is 0 Å². The van der Waals surface area contributed by atoms with Crippen molar-refractivity contribution in [3.63, 3.8) is 0 Å². The van der Waals surface area contributed by atoms with Gasteiger partial charge in [0.25, 0.3) is 0 Å². The molecule has 112 valence electrons. The highest BCUT2D eigenvalue weighted by molar-refractivity contribution is 7.10. The van der Waals surface area contributed by atoms with Gasteiger partial charge in [0, 0.05) is 4.88 Å². The smallest absolute Gasteiger partial charge is 0.323 e. The molecule has 0 aliphatic rings. The van der Waals surface area contributed by atoms with Crippen LogP contribution in [0.5, 0.6) is 0 Å². The Hall–Kier alpha value is -1.40. The summed E-state index contributed by atoms with van der Waals surface area (Å²) in [7, 11) is 0. The lowest BCUT2D eigenvalue weighted by atomic mass is 10.0. The van der Waals surface area contributed by atoms with Gasteiger partial charge in [-0.1, -0.05) is 19.9 Å². The highest BCUT2D eigenvalue weighted by atomic mass is 32.1. The fourth-order valence-corrected chi connectivity index (χ4v) is 2.58. The molecular weight excluding hydrogens is 276 g/mol. The predicted octanol–water partition coefficient (Wildman–Crippen LogP) is 2.01. The average molecular weight is 298 g/mol. The summed E-state index contributed by atoms with van der Waals surface area (Å²) in [5.41, 5.74) is -1.12. The molecule has 0 aromatic carbocycles. The molecular formula is C14H22N2O3S. The highest BCUT2D eigenvalue weighted by Crippen LogP contribution is 2.25. The standard InChI is InChI=1S/C14H22N2O3S/c1-9(2)12(10-6-5-7-20-10)16-11(17)8-15-14(3,4)13(18)19/h5-7,9,12,15H,8H2,1-4H3,(H,16,17)(H,18,19). The van der Waals surface area contributed by atoms with Crippen LogP contribution in [0.25, 0.3) is 0 Å². The number of aliphatic carboxylic acids is 1. The molecule has 0 bridgehead atoms. The second kappa shape index (κ2) is 6.85. The van der Waals surface area contributed by atoms with E-state index in [-0.39, 0.29) is 24.4 Å². The minimum Gasteiger partial charge on any atom is -0.480 e. The van der Waals surface area contributed by atoms with E-state index in [4.69, 9.17) is 5.11 Å². The molecule has 0 aliphatic carbocycles. The van der Waals surface area contributed by atoms with E-state index in [9.17, 15) is 9.59 Å². The molecule has 3 N–H and O–H groups in total. The van der Waals surface area contributed by atoms with E-state index in [2.05, 4.69) is 10.6 Å². The van der Waals surface area contributed by atoms with Crippen LogP contribution in [0, 0.1) is 5.92 Å². The van der Waals surface area contributed by atoms with Crippen LogP contribution in [0.2, 0.25) is 0 Å². The van der Waals surface area contributed by atoms with E-state index in [0.717, 1.165) is 4.88 Å².